The van der Waals surface area contributed by atoms with Crippen molar-refractivity contribution < 1.29 is 4.79 Å². The molecule has 1 atom stereocenters. The van der Waals surface area contributed by atoms with Crippen molar-refractivity contribution in [2.24, 2.45) is 17.4 Å². The Bertz CT molecular complexity index is 177. The second-order valence-electron chi connectivity index (χ2n) is 3.11. The number of hydrogen-bond donors (Lipinski definition) is 3. The Labute approximate surface area is 73.0 Å². The fourth-order valence-electron chi connectivity index (χ4n) is 0.721. The average molecular weight is 171 g/mol. The standard InChI is InChI=1S/C8H17N3O/c1-5(2)8(10)6(3)11-4-7(9)12/h5,8,11H,3-4,10H2,1-2H3,(H2,9,12). The monoisotopic (exact) mass is 171 g/mol. The Balaban J connectivity index is 3.80. The van der Waals surface area contributed by atoms with Crippen molar-refractivity contribution in [1.82, 2.24) is 5.32 Å². The zero-order valence-electron chi connectivity index (χ0n) is 7.63. The summed E-state index contributed by atoms with van der Waals surface area (Å²) in [6.07, 6.45) is 0. The Kier molecular flexibility index (Phi) is 4.36. The third-order valence-corrected chi connectivity index (χ3v) is 1.61. The summed E-state index contributed by atoms with van der Waals surface area (Å²) in [6, 6.07) is -0.135. The molecule has 0 saturated carbocycles. The smallest absolute Gasteiger partial charge is 0.236 e. The van der Waals surface area contributed by atoms with Gasteiger partial charge in [-0.15, -0.1) is 0 Å². The number of nitrogens with one attached hydrogen (secondary N) is 1. The summed E-state index contributed by atoms with van der Waals surface area (Å²) in [6.45, 7) is 7.78. The van der Waals surface area contributed by atoms with E-state index in [4.69, 9.17) is 11.5 Å². The SMILES string of the molecule is C=C(NCC(N)=O)C(N)C(C)C. The van der Waals surface area contributed by atoms with E-state index in [9.17, 15) is 4.79 Å². The molecule has 70 valence electrons. The van der Waals surface area contributed by atoms with Crippen LogP contribution in [0.5, 0.6) is 0 Å². The lowest BCUT2D eigenvalue weighted by Gasteiger charge is -2.19. The second-order valence-corrected chi connectivity index (χ2v) is 3.11. The molecule has 4 nitrogen and oxygen atoms in total. The molecule has 12 heavy (non-hydrogen) atoms. The quantitative estimate of drug-likeness (QED) is 0.524. The van der Waals surface area contributed by atoms with E-state index in [1.54, 1.807) is 0 Å². The average Bonchev–Trinajstić information content (AvgIpc) is 1.98. The summed E-state index contributed by atoms with van der Waals surface area (Å²) >= 11 is 0. The summed E-state index contributed by atoms with van der Waals surface area (Å²) in [5.41, 5.74) is 11.3. The summed E-state index contributed by atoms with van der Waals surface area (Å²) in [7, 11) is 0. The van der Waals surface area contributed by atoms with Crippen molar-refractivity contribution in [3.05, 3.63) is 12.3 Å². The van der Waals surface area contributed by atoms with Crippen LogP contribution in [0.1, 0.15) is 13.8 Å². The molecule has 0 rings (SSSR count). The first-order chi connectivity index (χ1) is 5.45. The molecule has 1 amide bonds. The van der Waals surface area contributed by atoms with Crippen molar-refractivity contribution in [3.63, 3.8) is 0 Å². The van der Waals surface area contributed by atoms with Gasteiger partial charge in [-0.2, -0.15) is 0 Å². The van der Waals surface area contributed by atoms with Crippen LogP contribution in [0.3, 0.4) is 0 Å². The molecule has 0 spiro atoms. The summed E-state index contributed by atoms with van der Waals surface area (Å²) in [5.74, 6) is -0.106. The number of nitrogens with two attached hydrogens (primary N) is 2. The minimum Gasteiger partial charge on any atom is -0.379 e. The first-order valence-corrected chi connectivity index (χ1v) is 3.91. The van der Waals surface area contributed by atoms with Crippen LogP contribution < -0.4 is 16.8 Å². The summed E-state index contributed by atoms with van der Waals surface area (Å²) in [4.78, 5) is 10.4. The molecule has 4 heteroatoms. The predicted octanol–water partition coefficient (Wildman–Crippen LogP) is -0.442. The van der Waals surface area contributed by atoms with Gasteiger partial charge >= 0.3 is 0 Å². The molecule has 0 fully saturated rings. The highest BCUT2D eigenvalue weighted by Gasteiger charge is 2.10. The van der Waals surface area contributed by atoms with Gasteiger partial charge in [0.1, 0.15) is 0 Å². The molecule has 0 aliphatic carbocycles. The fraction of sp³-hybridized carbons (Fsp3) is 0.625. The highest BCUT2D eigenvalue weighted by Crippen LogP contribution is 2.04. The number of amides is 1. The van der Waals surface area contributed by atoms with Crippen molar-refractivity contribution in [2.75, 3.05) is 6.54 Å². The minimum absolute atomic E-state index is 0.0965. The van der Waals surface area contributed by atoms with E-state index in [0.717, 1.165) is 0 Å². The first-order valence-electron chi connectivity index (χ1n) is 3.91. The molecule has 0 heterocycles. The fourth-order valence-corrected chi connectivity index (χ4v) is 0.721. The van der Waals surface area contributed by atoms with Gasteiger partial charge in [0.05, 0.1) is 6.54 Å². The highest BCUT2D eigenvalue weighted by atomic mass is 16.1. The van der Waals surface area contributed by atoms with Crippen LogP contribution in [0.2, 0.25) is 0 Å². The van der Waals surface area contributed by atoms with Crippen LogP contribution >= 0.6 is 0 Å². The van der Waals surface area contributed by atoms with Gasteiger partial charge < -0.3 is 16.8 Å². The number of carbonyl (C=O) groups is 1. The van der Waals surface area contributed by atoms with Gasteiger partial charge in [-0.3, -0.25) is 4.79 Å². The lowest BCUT2D eigenvalue weighted by atomic mass is 10.0. The van der Waals surface area contributed by atoms with Gasteiger partial charge in [0.25, 0.3) is 0 Å². The van der Waals surface area contributed by atoms with Crippen molar-refractivity contribution >= 4 is 5.91 Å². The molecule has 0 aliphatic rings. The maximum Gasteiger partial charge on any atom is 0.236 e. The second kappa shape index (κ2) is 4.77. The summed E-state index contributed by atoms with van der Waals surface area (Å²) in [5, 5.41) is 2.77. The van der Waals surface area contributed by atoms with Gasteiger partial charge in [-0.1, -0.05) is 20.4 Å². The maximum atomic E-state index is 10.4. The zero-order chi connectivity index (χ0) is 9.72. The molecule has 0 aliphatic heterocycles. The van der Waals surface area contributed by atoms with E-state index >= 15 is 0 Å². The molecular formula is C8H17N3O. The van der Waals surface area contributed by atoms with Crippen LogP contribution in [0, 0.1) is 5.92 Å². The normalized spacial score (nSPS) is 12.7. The van der Waals surface area contributed by atoms with E-state index in [-0.39, 0.29) is 12.6 Å². The third kappa shape index (κ3) is 3.98. The first kappa shape index (κ1) is 11.0. The van der Waals surface area contributed by atoms with Crippen LogP contribution in [0.4, 0.5) is 0 Å². The van der Waals surface area contributed by atoms with Crippen LogP contribution in [-0.2, 0) is 4.79 Å². The number of primary amides is 1. The summed E-state index contributed by atoms with van der Waals surface area (Å²) < 4.78 is 0. The lowest BCUT2D eigenvalue weighted by molar-refractivity contribution is -0.117. The van der Waals surface area contributed by atoms with Gasteiger partial charge in [0.2, 0.25) is 5.91 Å². The number of hydrogen-bond acceptors (Lipinski definition) is 3. The number of carbonyl (C=O) groups excluding carboxylic acids is 1. The Morgan fingerprint density at radius 2 is 2.08 bits per heavy atom. The van der Waals surface area contributed by atoms with Crippen LogP contribution in [0.15, 0.2) is 12.3 Å². The molecule has 0 radical (unpaired) electrons. The maximum absolute atomic E-state index is 10.4. The topological polar surface area (TPSA) is 81.1 Å². The van der Waals surface area contributed by atoms with Crippen LogP contribution in [-0.4, -0.2) is 18.5 Å². The van der Waals surface area contributed by atoms with E-state index in [2.05, 4.69) is 11.9 Å². The van der Waals surface area contributed by atoms with Crippen molar-refractivity contribution in [2.45, 2.75) is 19.9 Å². The Morgan fingerprint density at radius 3 is 2.42 bits per heavy atom. The predicted molar refractivity (Wildman–Crippen MR) is 49.2 cm³/mol. The van der Waals surface area contributed by atoms with Gasteiger partial charge in [0, 0.05) is 11.7 Å². The molecule has 0 aromatic heterocycles. The third-order valence-electron chi connectivity index (χ3n) is 1.61. The molecule has 0 aromatic rings. The van der Waals surface area contributed by atoms with E-state index < -0.39 is 5.91 Å². The van der Waals surface area contributed by atoms with E-state index in [1.165, 1.54) is 0 Å². The van der Waals surface area contributed by atoms with Crippen molar-refractivity contribution in [3.8, 4) is 0 Å². The molecule has 1 unspecified atom stereocenters. The molecule has 0 bridgehead atoms. The molecule has 0 aromatic carbocycles. The van der Waals surface area contributed by atoms with Gasteiger partial charge in [0.15, 0.2) is 0 Å². The zero-order valence-corrected chi connectivity index (χ0v) is 7.63. The number of rotatable bonds is 5. The molecule has 0 saturated heterocycles. The van der Waals surface area contributed by atoms with Crippen molar-refractivity contribution in [1.29, 1.82) is 0 Å². The van der Waals surface area contributed by atoms with Crippen LogP contribution in [0.25, 0.3) is 0 Å². The minimum atomic E-state index is -0.410. The largest absolute Gasteiger partial charge is 0.379 e. The molecule has 5 N–H and O–H groups in total. The Hall–Kier alpha value is -1.03. The molecular weight excluding hydrogens is 154 g/mol. The highest BCUT2D eigenvalue weighted by molar-refractivity contribution is 5.76. The lowest BCUT2D eigenvalue weighted by Crippen LogP contribution is -2.38. The van der Waals surface area contributed by atoms with Gasteiger partial charge in [-0.05, 0) is 5.92 Å². The Morgan fingerprint density at radius 1 is 1.58 bits per heavy atom. The van der Waals surface area contributed by atoms with Gasteiger partial charge in [-0.25, -0.2) is 0 Å². The van der Waals surface area contributed by atoms with E-state index in [0.29, 0.717) is 11.6 Å². The van der Waals surface area contributed by atoms with E-state index in [1.807, 2.05) is 13.8 Å².